The quantitative estimate of drug-likeness (QED) is 0.365. The summed E-state index contributed by atoms with van der Waals surface area (Å²) in [6, 6.07) is 3.79. The fourth-order valence-corrected chi connectivity index (χ4v) is 1.47. The zero-order valence-electron chi connectivity index (χ0n) is 8.13. The van der Waals surface area contributed by atoms with Crippen molar-refractivity contribution in [3.8, 4) is 6.07 Å². The number of nitro benzene ring substituents is 1. The SMILES string of the molecule is COC(=O)c1c(S)cc([N+](=O)[O-])cc1C#N. The van der Waals surface area contributed by atoms with Gasteiger partial charge in [0.25, 0.3) is 5.69 Å². The van der Waals surface area contributed by atoms with Gasteiger partial charge in [-0.15, -0.1) is 12.6 Å². The molecule has 6 nitrogen and oxygen atoms in total. The van der Waals surface area contributed by atoms with Gasteiger partial charge in [-0.25, -0.2) is 4.79 Å². The molecular formula is C9H6N2O4S. The van der Waals surface area contributed by atoms with E-state index in [2.05, 4.69) is 17.4 Å². The van der Waals surface area contributed by atoms with Crippen molar-refractivity contribution < 1.29 is 14.5 Å². The van der Waals surface area contributed by atoms with Crippen LogP contribution in [0.25, 0.3) is 0 Å². The Labute approximate surface area is 96.0 Å². The summed E-state index contributed by atoms with van der Waals surface area (Å²) in [5, 5.41) is 19.3. The Balaban J connectivity index is 3.48. The van der Waals surface area contributed by atoms with E-state index in [-0.39, 0.29) is 21.7 Å². The number of nitrogens with zero attached hydrogens (tertiary/aromatic N) is 2. The van der Waals surface area contributed by atoms with Crippen LogP contribution in [-0.2, 0) is 4.74 Å². The second-order valence-corrected chi connectivity index (χ2v) is 3.23. The number of carbonyl (C=O) groups excluding carboxylic acids is 1. The molecule has 0 aliphatic carbocycles. The van der Waals surface area contributed by atoms with E-state index in [1.807, 2.05) is 0 Å². The molecule has 0 aliphatic rings. The van der Waals surface area contributed by atoms with Gasteiger partial charge in [-0.2, -0.15) is 5.26 Å². The van der Waals surface area contributed by atoms with Crippen LogP contribution in [0.2, 0.25) is 0 Å². The van der Waals surface area contributed by atoms with Gasteiger partial charge in [-0.05, 0) is 0 Å². The number of thiol groups is 1. The third kappa shape index (κ3) is 2.12. The molecule has 0 aliphatic heterocycles. The largest absolute Gasteiger partial charge is 0.465 e. The standard InChI is InChI=1S/C9H6N2O4S/c1-15-9(12)8-5(4-10)2-6(11(13)14)3-7(8)16/h2-3,16H,1H3. The zero-order valence-corrected chi connectivity index (χ0v) is 9.02. The molecule has 0 unspecified atom stereocenters. The van der Waals surface area contributed by atoms with Gasteiger partial charge >= 0.3 is 5.97 Å². The van der Waals surface area contributed by atoms with Crippen molar-refractivity contribution >= 4 is 24.3 Å². The lowest BCUT2D eigenvalue weighted by Crippen LogP contribution is -2.06. The van der Waals surface area contributed by atoms with Gasteiger partial charge in [0.1, 0.15) is 6.07 Å². The third-order valence-electron chi connectivity index (χ3n) is 1.82. The number of rotatable bonds is 2. The van der Waals surface area contributed by atoms with Crippen molar-refractivity contribution in [1.29, 1.82) is 5.26 Å². The van der Waals surface area contributed by atoms with Gasteiger partial charge < -0.3 is 4.74 Å². The molecule has 0 saturated heterocycles. The van der Waals surface area contributed by atoms with Crippen LogP contribution in [0.1, 0.15) is 15.9 Å². The minimum atomic E-state index is -0.753. The highest BCUT2D eigenvalue weighted by Crippen LogP contribution is 2.25. The minimum absolute atomic E-state index is 0.0394. The summed E-state index contributed by atoms with van der Waals surface area (Å²) in [7, 11) is 1.15. The summed E-state index contributed by atoms with van der Waals surface area (Å²) < 4.78 is 4.45. The maximum atomic E-state index is 11.3. The number of non-ortho nitro benzene ring substituents is 1. The molecule has 0 spiro atoms. The molecule has 1 aromatic rings. The molecule has 0 amide bonds. The predicted octanol–water partition coefficient (Wildman–Crippen LogP) is 1.54. The monoisotopic (exact) mass is 238 g/mol. The van der Waals surface area contributed by atoms with Crippen molar-refractivity contribution in [1.82, 2.24) is 0 Å². The summed E-state index contributed by atoms with van der Waals surface area (Å²) in [5.74, 6) is -0.753. The van der Waals surface area contributed by atoms with Gasteiger partial charge in [0.2, 0.25) is 0 Å². The first-order chi connectivity index (χ1) is 7.51. The van der Waals surface area contributed by atoms with Crippen molar-refractivity contribution in [3.05, 3.63) is 33.4 Å². The van der Waals surface area contributed by atoms with Gasteiger partial charge in [0.05, 0.1) is 23.2 Å². The van der Waals surface area contributed by atoms with E-state index in [1.54, 1.807) is 6.07 Å². The van der Waals surface area contributed by atoms with Gasteiger partial charge in [-0.3, -0.25) is 10.1 Å². The van der Waals surface area contributed by atoms with Crippen LogP contribution in [0, 0.1) is 21.4 Å². The van der Waals surface area contributed by atoms with Crippen molar-refractivity contribution in [2.24, 2.45) is 0 Å². The highest BCUT2D eigenvalue weighted by atomic mass is 32.1. The average molecular weight is 238 g/mol. The molecule has 82 valence electrons. The number of carbonyl (C=O) groups is 1. The van der Waals surface area contributed by atoms with Crippen molar-refractivity contribution in [3.63, 3.8) is 0 Å². The molecule has 0 fully saturated rings. The van der Waals surface area contributed by atoms with E-state index in [1.165, 1.54) is 0 Å². The van der Waals surface area contributed by atoms with Crippen LogP contribution >= 0.6 is 12.6 Å². The lowest BCUT2D eigenvalue weighted by Gasteiger charge is -2.04. The maximum absolute atomic E-state index is 11.3. The molecule has 0 radical (unpaired) electrons. The molecule has 0 bridgehead atoms. The van der Waals surface area contributed by atoms with E-state index < -0.39 is 10.9 Å². The molecular weight excluding hydrogens is 232 g/mol. The highest BCUT2D eigenvalue weighted by Gasteiger charge is 2.20. The Hall–Kier alpha value is -2.07. The molecule has 0 heterocycles. The number of ether oxygens (including phenoxy) is 1. The smallest absolute Gasteiger partial charge is 0.340 e. The summed E-state index contributed by atoms with van der Waals surface area (Å²) in [4.78, 5) is 21.2. The first kappa shape index (κ1) is 12.0. The number of hydrogen-bond donors (Lipinski definition) is 1. The van der Waals surface area contributed by atoms with Gasteiger partial charge in [0.15, 0.2) is 0 Å². The zero-order chi connectivity index (χ0) is 12.3. The Morgan fingerprint density at radius 3 is 2.69 bits per heavy atom. The molecule has 0 N–H and O–H groups in total. The lowest BCUT2D eigenvalue weighted by atomic mass is 10.1. The number of methoxy groups -OCH3 is 1. The maximum Gasteiger partial charge on any atom is 0.340 e. The van der Waals surface area contributed by atoms with Gasteiger partial charge in [-0.1, -0.05) is 0 Å². The Kier molecular flexibility index (Phi) is 3.48. The normalized spacial score (nSPS) is 9.31. The topological polar surface area (TPSA) is 93.2 Å². The Morgan fingerprint density at radius 2 is 2.25 bits per heavy atom. The molecule has 7 heteroatoms. The fourth-order valence-electron chi connectivity index (χ4n) is 1.12. The minimum Gasteiger partial charge on any atom is -0.465 e. The first-order valence-electron chi connectivity index (χ1n) is 4.01. The van der Waals surface area contributed by atoms with Crippen molar-refractivity contribution in [2.75, 3.05) is 7.11 Å². The summed E-state index contributed by atoms with van der Waals surface area (Å²) in [5.41, 5.74) is -0.501. The number of esters is 1. The summed E-state index contributed by atoms with van der Waals surface area (Å²) in [6.07, 6.45) is 0. The molecule has 0 aromatic heterocycles. The molecule has 1 rings (SSSR count). The Bertz CT molecular complexity index is 507. The number of nitro groups is 1. The number of hydrogen-bond acceptors (Lipinski definition) is 6. The number of benzene rings is 1. The van der Waals surface area contributed by atoms with E-state index in [0.29, 0.717) is 0 Å². The van der Waals surface area contributed by atoms with E-state index in [9.17, 15) is 14.9 Å². The van der Waals surface area contributed by atoms with Crippen molar-refractivity contribution in [2.45, 2.75) is 4.90 Å². The van der Waals surface area contributed by atoms with E-state index in [4.69, 9.17) is 5.26 Å². The predicted molar refractivity (Wildman–Crippen MR) is 56.4 cm³/mol. The van der Waals surface area contributed by atoms with Crippen LogP contribution in [-0.4, -0.2) is 18.0 Å². The summed E-state index contributed by atoms with van der Waals surface area (Å²) >= 11 is 3.92. The lowest BCUT2D eigenvalue weighted by molar-refractivity contribution is -0.385. The molecule has 1 aromatic carbocycles. The fraction of sp³-hybridized carbons (Fsp3) is 0.111. The Morgan fingerprint density at radius 1 is 1.62 bits per heavy atom. The van der Waals surface area contributed by atoms with Crippen LogP contribution in [0.3, 0.4) is 0 Å². The number of nitriles is 1. The molecule has 0 saturated carbocycles. The van der Waals surface area contributed by atoms with Crippen LogP contribution < -0.4 is 0 Å². The van der Waals surface area contributed by atoms with Crippen LogP contribution in [0.4, 0.5) is 5.69 Å². The van der Waals surface area contributed by atoms with Gasteiger partial charge in [0, 0.05) is 17.0 Å². The van der Waals surface area contributed by atoms with Crippen LogP contribution in [0.15, 0.2) is 17.0 Å². The second kappa shape index (κ2) is 4.63. The highest BCUT2D eigenvalue weighted by molar-refractivity contribution is 7.80. The molecule has 16 heavy (non-hydrogen) atoms. The van der Waals surface area contributed by atoms with E-state index >= 15 is 0 Å². The summed E-state index contributed by atoms with van der Waals surface area (Å²) in [6.45, 7) is 0. The first-order valence-corrected chi connectivity index (χ1v) is 4.45. The average Bonchev–Trinajstić information content (AvgIpc) is 2.26. The van der Waals surface area contributed by atoms with E-state index in [0.717, 1.165) is 19.2 Å². The third-order valence-corrected chi connectivity index (χ3v) is 2.18. The second-order valence-electron chi connectivity index (χ2n) is 2.75. The molecule has 0 atom stereocenters. The van der Waals surface area contributed by atoms with Crippen LogP contribution in [0.5, 0.6) is 0 Å².